The Morgan fingerprint density at radius 3 is 1.65 bits per heavy atom. The molecule has 0 fully saturated rings. The molecule has 1 aliphatic carbocycles. The first-order valence-corrected chi connectivity index (χ1v) is 21.0. The van der Waals surface area contributed by atoms with E-state index in [9.17, 15) is 0 Å². The monoisotopic (exact) mass is 762 g/mol. The molecule has 0 bridgehead atoms. The quantitative estimate of drug-likeness (QED) is 0.163. The Morgan fingerprint density at radius 2 is 0.883 bits per heavy atom. The average Bonchev–Trinajstić information content (AvgIpc) is 3.79. The Kier molecular flexibility index (Phi) is 6.85. The molecule has 0 radical (unpaired) electrons. The van der Waals surface area contributed by atoms with Crippen LogP contribution in [0.5, 0.6) is 0 Å². The van der Waals surface area contributed by atoms with Gasteiger partial charge in [-0.2, -0.15) is 0 Å². The van der Waals surface area contributed by atoms with Gasteiger partial charge in [-0.05, 0) is 134 Å². The molecule has 1 nitrogen and oxygen atoms in total. The van der Waals surface area contributed by atoms with Gasteiger partial charge in [-0.15, -0.1) is 0 Å². The van der Waals surface area contributed by atoms with Crippen LogP contribution in [-0.2, 0) is 5.41 Å². The van der Waals surface area contributed by atoms with Crippen molar-refractivity contribution in [3.8, 4) is 44.5 Å². The Hall–Kier alpha value is -7.48. The Balaban J connectivity index is 0.942. The molecule has 1 aromatic heterocycles. The maximum Gasteiger partial charge on any atom is 0.136 e. The Bertz CT molecular complexity index is 3740. The zero-order chi connectivity index (χ0) is 39.7. The van der Waals surface area contributed by atoms with Gasteiger partial charge in [0.15, 0.2) is 0 Å². The fourth-order valence-electron chi connectivity index (χ4n) is 10.8. The molecule has 13 rings (SSSR count). The molecular formula is C59H38O. The van der Waals surface area contributed by atoms with Crippen molar-refractivity contribution in [2.24, 2.45) is 0 Å². The molecule has 0 saturated heterocycles. The Morgan fingerprint density at radius 1 is 0.317 bits per heavy atom. The van der Waals surface area contributed by atoms with Crippen LogP contribution in [0.2, 0.25) is 0 Å². The minimum absolute atomic E-state index is 0.156. The molecular weight excluding hydrogens is 725 g/mol. The van der Waals surface area contributed by atoms with Crippen molar-refractivity contribution < 1.29 is 4.42 Å². The summed E-state index contributed by atoms with van der Waals surface area (Å²) in [7, 11) is 0. The van der Waals surface area contributed by atoms with Crippen LogP contribution in [0.3, 0.4) is 0 Å². The maximum atomic E-state index is 6.38. The molecule has 11 aromatic carbocycles. The number of para-hydroxylation sites is 1. The highest BCUT2D eigenvalue weighted by Crippen LogP contribution is 2.54. The lowest BCUT2D eigenvalue weighted by atomic mass is 9.81. The van der Waals surface area contributed by atoms with Crippen molar-refractivity contribution >= 4 is 75.8 Å². The average molecular weight is 763 g/mol. The van der Waals surface area contributed by atoms with Crippen LogP contribution in [0.15, 0.2) is 199 Å². The molecule has 1 heteroatoms. The van der Waals surface area contributed by atoms with Crippen LogP contribution in [-0.4, -0.2) is 0 Å². The first-order chi connectivity index (χ1) is 29.5. The van der Waals surface area contributed by atoms with E-state index in [-0.39, 0.29) is 5.41 Å². The van der Waals surface area contributed by atoms with E-state index in [2.05, 4.69) is 208 Å². The number of hydrogen-bond donors (Lipinski definition) is 0. The van der Waals surface area contributed by atoms with Gasteiger partial charge in [0.1, 0.15) is 11.2 Å². The van der Waals surface area contributed by atoms with Gasteiger partial charge in [-0.25, -0.2) is 0 Å². The lowest BCUT2D eigenvalue weighted by molar-refractivity contribution is 0.661. The maximum absolute atomic E-state index is 6.38. The summed E-state index contributed by atoms with van der Waals surface area (Å²) >= 11 is 0. The van der Waals surface area contributed by atoms with Gasteiger partial charge in [0.05, 0.1) is 0 Å². The molecule has 12 aromatic rings. The van der Waals surface area contributed by atoms with E-state index in [1.54, 1.807) is 0 Å². The zero-order valence-electron chi connectivity index (χ0n) is 33.4. The molecule has 0 aliphatic heterocycles. The van der Waals surface area contributed by atoms with Gasteiger partial charge < -0.3 is 4.42 Å². The van der Waals surface area contributed by atoms with Crippen molar-refractivity contribution in [1.29, 1.82) is 0 Å². The minimum Gasteiger partial charge on any atom is -0.456 e. The molecule has 0 N–H and O–H groups in total. The van der Waals surface area contributed by atoms with E-state index in [1.807, 2.05) is 0 Å². The van der Waals surface area contributed by atoms with E-state index >= 15 is 0 Å². The second-order valence-electron chi connectivity index (χ2n) is 17.2. The summed E-state index contributed by atoms with van der Waals surface area (Å²) in [6.07, 6.45) is 0. The fraction of sp³-hybridized carbons (Fsp3) is 0.0508. The zero-order valence-corrected chi connectivity index (χ0v) is 33.4. The van der Waals surface area contributed by atoms with Gasteiger partial charge in [0.25, 0.3) is 0 Å². The van der Waals surface area contributed by atoms with Gasteiger partial charge in [-0.1, -0.05) is 178 Å². The molecule has 0 unspecified atom stereocenters. The smallest absolute Gasteiger partial charge is 0.136 e. The van der Waals surface area contributed by atoms with Crippen molar-refractivity contribution in [3.63, 3.8) is 0 Å². The SMILES string of the molecule is CC1(C)c2cc(-c3ccc4cc(-c5c6ccccc6c(-c6cccc7ccccc67)c6ccccc56)ccc4c3)ccc2-c2c1ccc1ccc3oc4ccccc4c3c21. The number of benzene rings is 11. The standard InChI is InChI=1S/C59H38O/c1-59(2)50-30-27-36-28-31-53-58(49-19-9-10-21-52(49)60-53)55(36)57(50)48-29-26-40(34-51(48)59)38-22-23-39-33-41(25-24-37(39)32-38)54-44-15-5-7-17-46(44)56(47-18-8-6-16-45(47)54)43-20-11-13-35-12-3-4-14-42(35)43/h3-34H,1-2H3. The predicted octanol–water partition coefficient (Wildman–Crippen LogP) is 16.7. The molecule has 0 atom stereocenters. The molecule has 60 heavy (non-hydrogen) atoms. The second kappa shape index (κ2) is 12.3. The van der Waals surface area contributed by atoms with E-state index in [0.29, 0.717) is 0 Å². The van der Waals surface area contributed by atoms with Crippen molar-refractivity contribution in [1.82, 2.24) is 0 Å². The highest BCUT2D eigenvalue weighted by atomic mass is 16.3. The number of furan rings is 1. The van der Waals surface area contributed by atoms with Crippen LogP contribution in [0.1, 0.15) is 25.0 Å². The van der Waals surface area contributed by atoms with Crippen LogP contribution in [0, 0.1) is 0 Å². The molecule has 0 saturated carbocycles. The highest BCUT2D eigenvalue weighted by molar-refractivity contribution is 6.25. The van der Waals surface area contributed by atoms with E-state index in [4.69, 9.17) is 4.42 Å². The summed E-state index contributed by atoms with van der Waals surface area (Å²) in [5, 5.41) is 15.0. The van der Waals surface area contributed by atoms with Crippen LogP contribution >= 0.6 is 0 Å². The second-order valence-corrected chi connectivity index (χ2v) is 17.2. The van der Waals surface area contributed by atoms with Gasteiger partial charge >= 0.3 is 0 Å². The third kappa shape index (κ3) is 4.63. The predicted molar refractivity (Wildman–Crippen MR) is 255 cm³/mol. The number of fused-ring (bicyclic) bond motifs is 13. The molecule has 0 amide bonds. The number of rotatable bonds is 3. The van der Waals surface area contributed by atoms with E-state index in [1.165, 1.54) is 120 Å². The summed E-state index contributed by atoms with van der Waals surface area (Å²) in [5.41, 5.74) is 14.7. The summed E-state index contributed by atoms with van der Waals surface area (Å²) in [6, 6.07) is 71.9. The lowest BCUT2D eigenvalue weighted by Crippen LogP contribution is -2.15. The lowest BCUT2D eigenvalue weighted by Gasteiger charge is -2.22. The molecule has 280 valence electrons. The fourth-order valence-corrected chi connectivity index (χ4v) is 10.8. The molecule has 0 spiro atoms. The van der Waals surface area contributed by atoms with Crippen LogP contribution in [0.25, 0.3) is 120 Å². The third-order valence-electron chi connectivity index (χ3n) is 13.6. The van der Waals surface area contributed by atoms with E-state index < -0.39 is 0 Å². The first kappa shape index (κ1) is 33.5. The summed E-state index contributed by atoms with van der Waals surface area (Å²) in [5.74, 6) is 0. The van der Waals surface area contributed by atoms with Gasteiger partial charge in [0, 0.05) is 21.6 Å². The summed E-state index contributed by atoms with van der Waals surface area (Å²) in [4.78, 5) is 0. The van der Waals surface area contributed by atoms with E-state index in [0.717, 1.165) is 11.2 Å². The molecule has 1 aliphatic rings. The van der Waals surface area contributed by atoms with Crippen LogP contribution in [0.4, 0.5) is 0 Å². The van der Waals surface area contributed by atoms with Gasteiger partial charge in [-0.3, -0.25) is 0 Å². The first-order valence-electron chi connectivity index (χ1n) is 21.0. The topological polar surface area (TPSA) is 13.1 Å². The number of hydrogen-bond acceptors (Lipinski definition) is 1. The minimum atomic E-state index is -0.156. The van der Waals surface area contributed by atoms with Crippen molar-refractivity contribution in [2.45, 2.75) is 19.3 Å². The Labute approximate surface area is 347 Å². The summed E-state index contributed by atoms with van der Waals surface area (Å²) in [6.45, 7) is 4.76. The summed E-state index contributed by atoms with van der Waals surface area (Å²) < 4.78 is 6.38. The van der Waals surface area contributed by atoms with Gasteiger partial charge in [0.2, 0.25) is 0 Å². The normalized spacial score (nSPS) is 13.3. The van der Waals surface area contributed by atoms with Crippen molar-refractivity contribution in [2.75, 3.05) is 0 Å². The highest BCUT2D eigenvalue weighted by Gasteiger charge is 2.37. The van der Waals surface area contributed by atoms with Crippen molar-refractivity contribution in [3.05, 3.63) is 205 Å². The largest absolute Gasteiger partial charge is 0.456 e. The third-order valence-corrected chi connectivity index (χ3v) is 13.6. The molecule has 1 heterocycles. The van der Waals surface area contributed by atoms with Crippen LogP contribution < -0.4 is 0 Å².